The lowest BCUT2D eigenvalue weighted by Gasteiger charge is -2.27. The molecule has 0 atom stereocenters. The number of nitrogens with zero attached hydrogens (tertiary/aromatic N) is 1. The van der Waals surface area contributed by atoms with Crippen LogP contribution in [0.25, 0.3) is 0 Å². The molecule has 0 aromatic heterocycles. The predicted octanol–water partition coefficient (Wildman–Crippen LogP) is 3.56. The summed E-state index contributed by atoms with van der Waals surface area (Å²) in [4.78, 5) is 2.51. The van der Waals surface area contributed by atoms with Crippen LogP contribution in [0.2, 0.25) is 0 Å². The van der Waals surface area contributed by atoms with Gasteiger partial charge in [0.25, 0.3) is 0 Å². The lowest BCUT2D eigenvalue weighted by molar-refractivity contribution is 0.205. The lowest BCUT2D eigenvalue weighted by atomic mass is 10.1. The van der Waals surface area contributed by atoms with Gasteiger partial charge in [-0.25, -0.2) is 0 Å². The highest BCUT2D eigenvalue weighted by molar-refractivity contribution is 9.10. The Labute approximate surface area is 130 Å². The molecule has 0 aliphatic heterocycles. The maximum atomic E-state index is 5.27. The van der Waals surface area contributed by atoms with Gasteiger partial charge in [-0.1, -0.05) is 35.8 Å². The van der Waals surface area contributed by atoms with Gasteiger partial charge >= 0.3 is 0 Å². The first-order valence-corrected chi connectivity index (χ1v) is 8.18. The number of hydrogen-bond donors (Lipinski definition) is 1. The summed E-state index contributed by atoms with van der Waals surface area (Å²) < 4.78 is 6.41. The molecule has 1 N–H and O–H groups in total. The second kappa shape index (κ2) is 7.43. The maximum absolute atomic E-state index is 5.27. The first kappa shape index (κ1) is 15.8. The molecular weight excluding hydrogens is 316 g/mol. The van der Waals surface area contributed by atoms with Crippen molar-refractivity contribution < 1.29 is 4.74 Å². The Morgan fingerprint density at radius 2 is 2.15 bits per heavy atom. The minimum Gasteiger partial charge on any atom is -0.383 e. The highest BCUT2D eigenvalue weighted by Crippen LogP contribution is 2.35. The van der Waals surface area contributed by atoms with E-state index in [1.807, 2.05) is 0 Å². The smallest absolute Gasteiger partial charge is 0.0637 e. The zero-order valence-electron chi connectivity index (χ0n) is 12.7. The number of anilines is 1. The SMILES string of the molecule is COCCN(c1cc(Br)ccc1CNC(C)C)C1CC1. The van der Waals surface area contributed by atoms with Gasteiger partial charge in [-0.05, 0) is 30.5 Å². The summed E-state index contributed by atoms with van der Waals surface area (Å²) in [5.74, 6) is 0. The van der Waals surface area contributed by atoms with E-state index < -0.39 is 0 Å². The summed E-state index contributed by atoms with van der Waals surface area (Å²) >= 11 is 3.60. The molecule has 1 fully saturated rings. The quantitative estimate of drug-likeness (QED) is 0.782. The van der Waals surface area contributed by atoms with Gasteiger partial charge < -0.3 is 15.0 Å². The van der Waals surface area contributed by atoms with Crippen molar-refractivity contribution in [2.24, 2.45) is 0 Å². The number of benzene rings is 1. The second-order valence-corrected chi connectivity index (χ2v) is 6.64. The molecule has 0 saturated heterocycles. The van der Waals surface area contributed by atoms with Gasteiger partial charge in [-0.15, -0.1) is 0 Å². The highest BCUT2D eigenvalue weighted by atomic mass is 79.9. The molecule has 1 aromatic carbocycles. The lowest BCUT2D eigenvalue weighted by Crippen LogP contribution is -2.31. The van der Waals surface area contributed by atoms with Crippen molar-refractivity contribution in [2.45, 2.75) is 45.3 Å². The zero-order valence-corrected chi connectivity index (χ0v) is 14.2. The molecule has 0 amide bonds. The Morgan fingerprint density at radius 3 is 2.75 bits per heavy atom. The van der Waals surface area contributed by atoms with Crippen LogP contribution in [-0.4, -0.2) is 32.3 Å². The molecule has 0 spiro atoms. The summed E-state index contributed by atoms with van der Waals surface area (Å²) in [6.07, 6.45) is 2.60. The number of halogens is 1. The molecule has 0 heterocycles. The number of ether oxygens (including phenoxy) is 1. The minimum atomic E-state index is 0.500. The molecule has 0 bridgehead atoms. The van der Waals surface area contributed by atoms with E-state index in [1.54, 1.807) is 7.11 Å². The first-order valence-electron chi connectivity index (χ1n) is 7.39. The number of hydrogen-bond acceptors (Lipinski definition) is 3. The van der Waals surface area contributed by atoms with Gasteiger partial charge in [0.1, 0.15) is 0 Å². The van der Waals surface area contributed by atoms with E-state index in [0.717, 1.165) is 24.2 Å². The van der Waals surface area contributed by atoms with Gasteiger partial charge in [0.15, 0.2) is 0 Å². The van der Waals surface area contributed by atoms with E-state index in [0.29, 0.717) is 12.1 Å². The maximum Gasteiger partial charge on any atom is 0.0637 e. The number of nitrogens with one attached hydrogen (secondary N) is 1. The van der Waals surface area contributed by atoms with Gasteiger partial charge in [-0.2, -0.15) is 0 Å². The van der Waals surface area contributed by atoms with Crippen LogP contribution in [-0.2, 0) is 11.3 Å². The molecule has 1 aliphatic carbocycles. The van der Waals surface area contributed by atoms with Crippen molar-refractivity contribution in [3.8, 4) is 0 Å². The van der Waals surface area contributed by atoms with Crippen molar-refractivity contribution >= 4 is 21.6 Å². The van der Waals surface area contributed by atoms with E-state index in [1.165, 1.54) is 24.1 Å². The Kier molecular flexibility index (Phi) is 5.87. The van der Waals surface area contributed by atoms with E-state index in [9.17, 15) is 0 Å². The van der Waals surface area contributed by atoms with Crippen molar-refractivity contribution in [1.82, 2.24) is 5.32 Å². The summed E-state index contributed by atoms with van der Waals surface area (Å²) in [5.41, 5.74) is 2.71. The van der Waals surface area contributed by atoms with E-state index in [2.05, 4.69) is 58.2 Å². The average molecular weight is 341 g/mol. The molecule has 2 rings (SSSR count). The fraction of sp³-hybridized carbons (Fsp3) is 0.625. The van der Waals surface area contributed by atoms with Gasteiger partial charge in [0.05, 0.1) is 6.61 Å². The molecule has 1 aliphatic rings. The summed E-state index contributed by atoms with van der Waals surface area (Å²) in [6.45, 7) is 7.02. The zero-order chi connectivity index (χ0) is 14.5. The summed E-state index contributed by atoms with van der Waals surface area (Å²) in [7, 11) is 1.77. The third kappa shape index (κ3) is 4.47. The number of methoxy groups -OCH3 is 1. The largest absolute Gasteiger partial charge is 0.383 e. The number of rotatable bonds is 8. The summed E-state index contributed by atoms with van der Waals surface area (Å²) in [5, 5.41) is 3.52. The van der Waals surface area contributed by atoms with Crippen LogP contribution in [0.4, 0.5) is 5.69 Å². The molecule has 1 aromatic rings. The monoisotopic (exact) mass is 340 g/mol. The third-order valence-electron chi connectivity index (χ3n) is 3.58. The van der Waals surface area contributed by atoms with Gasteiger partial charge in [0, 0.05) is 42.4 Å². The van der Waals surface area contributed by atoms with Crippen molar-refractivity contribution in [3.63, 3.8) is 0 Å². The molecule has 3 nitrogen and oxygen atoms in total. The fourth-order valence-corrected chi connectivity index (χ4v) is 2.69. The van der Waals surface area contributed by atoms with Crippen LogP contribution in [0.3, 0.4) is 0 Å². The third-order valence-corrected chi connectivity index (χ3v) is 4.07. The molecule has 4 heteroatoms. The van der Waals surface area contributed by atoms with Crippen LogP contribution in [0, 0.1) is 0 Å². The molecule has 0 unspecified atom stereocenters. The second-order valence-electron chi connectivity index (χ2n) is 5.73. The highest BCUT2D eigenvalue weighted by Gasteiger charge is 2.30. The van der Waals surface area contributed by atoms with Gasteiger partial charge in [0.2, 0.25) is 0 Å². The van der Waals surface area contributed by atoms with E-state index >= 15 is 0 Å². The van der Waals surface area contributed by atoms with Gasteiger partial charge in [-0.3, -0.25) is 0 Å². The topological polar surface area (TPSA) is 24.5 Å². The van der Waals surface area contributed by atoms with Crippen molar-refractivity contribution in [3.05, 3.63) is 28.2 Å². The molecule has 112 valence electrons. The Balaban J connectivity index is 2.19. The molecule has 20 heavy (non-hydrogen) atoms. The first-order chi connectivity index (χ1) is 9.61. The fourth-order valence-electron chi connectivity index (χ4n) is 2.34. The van der Waals surface area contributed by atoms with E-state index in [4.69, 9.17) is 4.74 Å². The molecular formula is C16H25BrN2O. The van der Waals surface area contributed by atoms with E-state index in [-0.39, 0.29) is 0 Å². The van der Waals surface area contributed by atoms with Crippen LogP contribution >= 0.6 is 15.9 Å². The summed E-state index contributed by atoms with van der Waals surface area (Å²) in [6, 6.07) is 7.78. The van der Waals surface area contributed by atoms with Crippen molar-refractivity contribution in [2.75, 3.05) is 25.2 Å². The Bertz CT molecular complexity index is 432. The minimum absolute atomic E-state index is 0.500. The Hall–Kier alpha value is -0.580. The van der Waals surface area contributed by atoms with Crippen LogP contribution in [0.15, 0.2) is 22.7 Å². The van der Waals surface area contributed by atoms with Crippen LogP contribution < -0.4 is 10.2 Å². The average Bonchev–Trinajstić information content (AvgIpc) is 3.22. The molecule has 0 radical (unpaired) electrons. The standard InChI is InChI=1S/C16H25BrN2O/c1-12(2)18-11-13-4-5-14(17)10-16(13)19(8-9-20-3)15-6-7-15/h4-5,10,12,15,18H,6-9,11H2,1-3H3. The normalized spacial score (nSPS) is 14.8. The van der Waals surface area contributed by atoms with Crippen LogP contribution in [0.5, 0.6) is 0 Å². The van der Waals surface area contributed by atoms with Crippen LogP contribution in [0.1, 0.15) is 32.3 Å². The molecule has 1 saturated carbocycles. The van der Waals surface area contributed by atoms with Crippen molar-refractivity contribution in [1.29, 1.82) is 0 Å². The predicted molar refractivity (Wildman–Crippen MR) is 88.4 cm³/mol. The Morgan fingerprint density at radius 1 is 1.40 bits per heavy atom.